The topological polar surface area (TPSA) is 99.5 Å². The van der Waals surface area contributed by atoms with Crippen molar-refractivity contribution < 1.29 is 17.9 Å². The van der Waals surface area contributed by atoms with Crippen LogP contribution in [0.25, 0.3) is 0 Å². The van der Waals surface area contributed by atoms with E-state index in [9.17, 15) is 13.2 Å². The van der Waals surface area contributed by atoms with Crippen LogP contribution in [0.3, 0.4) is 0 Å². The molecule has 5 rings (SSSR count). The first-order valence-electron chi connectivity index (χ1n) is 13.4. The summed E-state index contributed by atoms with van der Waals surface area (Å²) in [5, 5.41) is 12.1. The Hall–Kier alpha value is -3.03. The van der Waals surface area contributed by atoms with Crippen LogP contribution in [0, 0.1) is 11.3 Å². The van der Waals surface area contributed by atoms with Crippen molar-refractivity contribution in [3.05, 3.63) is 86.6 Å². The molecule has 0 saturated carbocycles. The molecule has 3 heterocycles. The van der Waals surface area contributed by atoms with Crippen molar-refractivity contribution in [1.29, 1.82) is 5.26 Å². The average molecular weight is 564 g/mol. The fourth-order valence-corrected chi connectivity index (χ4v) is 7.69. The quantitative estimate of drug-likeness (QED) is 0.436. The minimum absolute atomic E-state index is 0.0610. The third-order valence-corrected chi connectivity index (χ3v) is 11.1. The van der Waals surface area contributed by atoms with Gasteiger partial charge in [-0.2, -0.15) is 5.26 Å². The maximum atomic E-state index is 13.1. The molecule has 1 unspecified atom stereocenters. The van der Waals surface area contributed by atoms with Crippen LogP contribution in [-0.4, -0.2) is 44.7 Å². The van der Waals surface area contributed by atoms with Crippen LogP contribution in [0.4, 0.5) is 0 Å². The number of ether oxygens (including phenoxy) is 1. The first-order chi connectivity index (χ1) is 18.7. The maximum Gasteiger partial charge on any atom is 0.261 e. The Kier molecular flexibility index (Phi) is 7.92. The van der Waals surface area contributed by atoms with E-state index in [0.29, 0.717) is 28.5 Å². The molecule has 204 valence electrons. The molecule has 39 heavy (non-hydrogen) atoms. The van der Waals surface area contributed by atoms with Crippen molar-refractivity contribution in [3.8, 4) is 6.07 Å². The lowest BCUT2D eigenvalue weighted by Gasteiger charge is -2.45. The second kappa shape index (κ2) is 11.2. The highest BCUT2D eigenvalue weighted by Gasteiger charge is 2.43. The van der Waals surface area contributed by atoms with Gasteiger partial charge in [0, 0.05) is 30.6 Å². The number of sulfone groups is 1. The van der Waals surface area contributed by atoms with Gasteiger partial charge in [0.25, 0.3) is 5.91 Å². The summed E-state index contributed by atoms with van der Waals surface area (Å²) in [4.78, 5) is 17.7. The Bertz CT molecular complexity index is 1480. The number of carbonyl (C=O) groups is 1. The Morgan fingerprint density at radius 2 is 1.85 bits per heavy atom. The van der Waals surface area contributed by atoms with Gasteiger partial charge in [-0.05, 0) is 73.2 Å². The van der Waals surface area contributed by atoms with E-state index in [1.165, 1.54) is 27.3 Å². The van der Waals surface area contributed by atoms with Gasteiger partial charge in [0.15, 0.2) is 9.84 Å². The molecule has 9 heteroatoms. The number of nitrogens with zero attached hydrogens (tertiary/aromatic N) is 2. The van der Waals surface area contributed by atoms with Crippen LogP contribution in [0.15, 0.2) is 59.5 Å². The largest absolute Gasteiger partial charge is 0.369 e. The van der Waals surface area contributed by atoms with Crippen molar-refractivity contribution >= 4 is 27.1 Å². The highest BCUT2D eigenvalue weighted by molar-refractivity contribution is 7.91. The van der Waals surface area contributed by atoms with Gasteiger partial charge in [0.2, 0.25) is 0 Å². The van der Waals surface area contributed by atoms with Crippen molar-refractivity contribution in [1.82, 2.24) is 10.2 Å². The van der Waals surface area contributed by atoms with Gasteiger partial charge < -0.3 is 10.1 Å². The van der Waals surface area contributed by atoms with E-state index in [-0.39, 0.29) is 23.3 Å². The normalized spacial score (nSPS) is 17.8. The lowest BCUT2D eigenvalue weighted by atomic mass is 9.84. The molecule has 1 amide bonds. The second-order valence-corrected chi connectivity index (χ2v) is 13.6. The molecule has 1 saturated heterocycles. The number of likely N-dealkylation sites (tertiary alicyclic amines) is 1. The molecule has 1 spiro atoms. The van der Waals surface area contributed by atoms with Gasteiger partial charge in [-0.25, -0.2) is 8.42 Å². The zero-order valence-corrected chi connectivity index (χ0v) is 23.9. The summed E-state index contributed by atoms with van der Waals surface area (Å²) < 4.78 is 30.5. The minimum atomic E-state index is -3.24. The Morgan fingerprint density at radius 3 is 2.49 bits per heavy atom. The molecule has 7 nitrogen and oxygen atoms in total. The van der Waals surface area contributed by atoms with Crippen molar-refractivity contribution in [2.45, 2.75) is 56.2 Å². The highest BCUT2D eigenvalue weighted by Crippen LogP contribution is 2.46. The van der Waals surface area contributed by atoms with E-state index in [0.717, 1.165) is 37.9 Å². The maximum absolute atomic E-state index is 13.1. The third kappa shape index (κ3) is 5.66. The minimum Gasteiger partial charge on any atom is -0.369 e. The lowest BCUT2D eigenvalue weighted by Crippen LogP contribution is -2.46. The van der Waals surface area contributed by atoms with Gasteiger partial charge in [-0.1, -0.05) is 31.2 Å². The summed E-state index contributed by atoms with van der Waals surface area (Å²) in [6.07, 6.45) is 2.55. The number of nitrogens with one attached hydrogen (secondary N) is 1. The van der Waals surface area contributed by atoms with E-state index in [1.54, 1.807) is 31.2 Å². The van der Waals surface area contributed by atoms with E-state index >= 15 is 0 Å². The monoisotopic (exact) mass is 563 g/mol. The predicted octanol–water partition coefficient (Wildman–Crippen LogP) is 4.97. The fourth-order valence-electron chi connectivity index (χ4n) is 5.48. The molecule has 1 atom stereocenters. The van der Waals surface area contributed by atoms with Gasteiger partial charge in [0.05, 0.1) is 33.8 Å². The van der Waals surface area contributed by atoms with E-state index < -0.39 is 9.84 Å². The molecular formula is C30H33N3O4S2. The molecule has 2 aliphatic heterocycles. The van der Waals surface area contributed by atoms with Crippen molar-refractivity contribution in [2.24, 2.45) is 0 Å². The molecule has 1 fully saturated rings. The molecule has 1 aromatic heterocycles. The summed E-state index contributed by atoms with van der Waals surface area (Å²) in [5.74, 6) is -0.0624. The molecule has 0 radical (unpaired) electrons. The molecular weight excluding hydrogens is 530 g/mol. The van der Waals surface area contributed by atoms with Gasteiger partial charge >= 0.3 is 0 Å². The van der Waals surface area contributed by atoms with Crippen molar-refractivity contribution in [3.63, 3.8) is 0 Å². The second-order valence-electron chi connectivity index (χ2n) is 10.2. The Balaban J connectivity index is 1.23. The Labute approximate surface area is 234 Å². The number of hydrogen-bond donors (Lipinski definition) is 1. The molecule has 1 N–H and O–H groups in total. The molecule has 3 aromatic rings. The molecule has 2 aromatic carbocycles. The number of carbonyl (C=O) groups excluding carboxylic acids is 1. The fraction of sp³-hybridized carbons (Fsp3) is 0.400. The summed E-state index contributed by atoms with van der Waals surface area (Å²) in [6, 6.07) is 19.0. The molecule has 0 bridgehead atoms. The number of amides is 1. The van der Waals surface area contributed by atoms with Crippen LogP contribution >= 0.6 is 11.3 Å². The summed E-state index contributed by atoms with van der Waals surface area (Å²) in [6.45, 7) is 6.60. The smallest absolute Gasteiger partial charge is 0.261 e. The highest BCUT2D eigenvalue weighted by atomic mass is 32.2. The van der Waals surface area contributed by atoms with Crippen LogP contribution < -0.4 is 5.32 Å². The lowest BCUT2D eigenvalue weighted by molar-refractivity contribution is -0.0994. The predicted molar refractivity (Wildman–Crippen MR) is 151 cm³/mol. The summed E-state index contributed by atoms with van der Waals surface area (Å²) in [7, 11) is -3.24. The van der Waals surface area contributed by atoms with Gasteiger partial charge in [-0.15, -0.1) is 11.3 Å². The number of hydrogen-bond acceptors (Lipinski definition) is 7. The van der Waals surface area contributed by atoms with Crippen LogP contribution in [0.1, 0.15) is 69.5 Å². The number of piperidine rings is 1. The standard InChI is InChI=1S/C30H33N3O4S2/c1-3-39(35,36)26-10-6-23(7-11-26)20-32-29(34)27-18-25-12-17-37-30(28(25)38-27)13-15-33(16-14-30)21(2)24-8-4-22(19-31)5-9-24/h4-11,18,21H,3,12-17,20H2,1-2H3,(H,32,34). The van der Waals surface area contributed by atoms with E-state index in [4.69, 9.17) is 10.00 Å². The number of thiophene rings is 1. The number of fused-ring (bicyclic) bond motifs is 2. The summed E-state index contributed by atoms with van der Waals surface area (Å²) in [5.41, 5.74) is 3.58. The first kappa shape index (κ1) is 27.5. The van der Waals surface area contributed by atoms with Crippen LogP contribution in [0.5, 0.6) is 0 Å². The Morgan fingerprint density at radius 1 is 1.15 bits per heavy atom. The average Bonchev–Trinajstić information content (AvgIpc) is 3.43. The number of rotatable bonds is 7. The SMILES string of the molecule is CCS(=O)(=O)c1ccc(CNC(=O)c2cc3c(s2)C2(CCN(C(C)c4ccc(C#N)cc4)CC2)OCC3)cc1. The van der Waals surface area contributed by atoms with Crippen LogP contribution in [0.2, 0.25) is 0 Å². The van der Waals surface area contributed by atoms with E-state index in [2.05, 4.69) is 23.2 Å². The first-order valence-corrected chi connectivity index (χ1v) is 15.8. The van der Waals surface area contributed by atoms with Crippen LogP contribution in [-0.2, 0) is 33.1 Å². The molecule has 0 aliphatic carbocycles. The zero-order chi connectivity index (χ0) is 27.6. The molecule has 2 aliphatic rings. The van der Waals surface area contributed by atoms with Gasteiger partial charge in [-0.3, -0.25) is 9.69 Å². The number of nitriles is 1. The van der Waals surface area contributed by atoms with Gasteiger partial charge in [0.1, 0.15) is 5.60 Å². The van der Waals surface area contributed by atoms with E-state index in [1.807, 2.05) is 30.3 Å². The number of benzene rings is 2. The summed E-state index contributed by atoms with van der Waals surface area (Å²) >= 11 is 1.54. The zero-order valence-electron chi connectivity index (χ0n) is 22.3. The van der Waals surface area contributed by atoms with Crippen molar-refractivity contribution in [2.75, 3.05) is 25.4 Å². The third-order valence-electron chi connectivity index (χ3n) is 7.99.